The van der Waals surface area contributed by atoms with Crippen molar-refractivity contribution in [2.75, 3.05) is 18.1 Å². The van der Waals surface area contributed by atoms with E-state index in [4.69, 9.17) is 16.0 Å². The minimum absolute atomic E-state index is 0.0763. The summed E-state index contributed by atoms with van der Waals surface area (Å²) in [6.45, 7) is 1.04. The zero-order valence-electron chi connectivity index (χ0n) is 17.3. The lowest BCUT2D eigenvalue weighted by Crippen LogP contribution is -2.28. The van der Waals surface area contributed by atoms with Crippen molar-refractivity contribution in [2.45, 2.75) is 17.7 Å². The Kier molecular flexibility index (Phi) is 7.84. The molecular weight excluding hydrogens is 464 g/mol. The van der Waals surface area contributed by atoms with E-state index < -0.39 is 0 Å². The summed E-state index contributed by atoms with van der Waals surface area (Å²) in [4.78, 5) is 26.6. The molecule has 1 saturated heterocycles. The van der Waals surface area contributed by atoms with E-state index in [-0.39, 0.29) is 17.2 Å². The quantitative estimate of drug-likeness (QED) is 0.412. The fourth-order valence-corrected chi connectivity index (χ4v) is 5.63. The summed E-state index contributed by atoms with van der Waals surface area (Å²) in [6, 6.07) is 19.0. The second-order valence-corrected chi connectivity index (χ2v) is 9.93. The highest BCUT2D eigenvalue weighted by Gasteiger charge is 2.33. The Morgan fingerprint density at radius 1 is 1.19 bits per heavy atom. The zero-order valence-corrected chi connectivity index (χ0v) is 19.7. The van der Waals surface area contributed by atoms with Gasteiger partial charge >= 0.3 is 0 Å². The van der Waals surface area contributed by atoms with Gasteiger partial charge in [0, 0.05) is 28.6 Å². The van der Waals surface area contributed by atoms with Gasteiger partial charge < -0.3 is 14.6 Å². The van der Waals surface area contributed by atoms with E-state index in [9.17, 15) is 9.59 Å². The molecule has 1 aliphatic heterocycles. The third-order valence-electron chi connectivity index (χ3n) is 5.02. The first-order valence-electron chi connectivity index (χ1n) is 10.2. The lowest BCUT2D eigenvalue weighted by Gasteiger charge is -2.23. The molecular formula is C24H23ClN2O3S2. The predicted octanol–water partition coefficient (Wildman–Crippen LogP) is 5.37. The number of carbonyl (C=O) groups excluding carboxylic acids is 2. The number of hydrogen-bond donors (Lipinski definition) is 1. The summed E-state index contributed by atoms with van der Waals surface area (Å²) in [7, 11) is 0. The van der Waals surface area contributed by atoms with E-state index in [1.165, 1.54) is 5.56 Å². The van der Waals surface area contributed by atoms with E-state index >= 15 is 0 Å². The highest BCUT2D eigenvalue weighted by molar-refractivity contribution is 8.00. The standard InChI is InChI=1S/C24H23ClN2O3S2/c25-20-4-1-3-17(13-20)15-31-12-10-26-23(29)18-6-8-19(9-7-18)24-27(22(28)16-32-24)14-21-5-2-11-30-21/h1-9,11,13,24H,10,12,14-16H2,(H,26,29). The average Bonchev–Trinajstić information content (AvgIpc) is 3.44. The highest BCUT2D eigenvalue weighted by atomic mass is 35.5. The number of nitrogens with zero attached hydrogens (tertiary/aromatic N) is 1. The van der Waals surface area contributed by atoms with Crippen molar-refractivity contribution in [1.29, 1.82) is 0 Å². The normalized spacial score (nSPS) is 15.8. The fraction of sp³-hybridized carbons (Fsp3) is 0.250. The molecule has 1 N–H and O–H groups in total. The molecule has 1 fully saturated rings. The van der Waals surface area contributed by atoms with Crippen LogP contribution in [0.3, 0.4) is 0 Å². The third kappa shape index (κ3) is 5.91. The van der Waals surface area contributed by atoms with Crippen molar-refractivity contribution in [3.8, 4) is 0 Å². The van der Waals surface area contributed by atoms with Gasteiger partial charge in [0.25, 0.3) is 5.91 Å². The van der Waals surface area contributed by atoms with Gasteiger partial charge in [0.05, 0.1) is 18.6 Å². The number of carbonyl (C=O) groups is 2. The maximum atomic E-state index is 12.5. The second-order valence-electron chi connectivity index (χ2n) is 7.32. The molecule has 2 heterocycles. The van der Waals surface area contributed by atoms with Gasteiger partial charge in [-0.15, -0.1) is 11.8 Å². The smallest absolute Gasteiger partial charge is 0.251 e. The summed E-state index contributed by atoms with van der Waals surface area (Å²) >= 11 is 9.34. The number of halogens is 1. The molecule has 4 rings (SSSR count). The maximum absolute atomic E-state index is 12.5. The molecule has 8 heteroatoms. The average molecular weight is 487 g/mol. The molecule has 0 bridgehead atoms. The molecule has 1 unspecified atom stereocenters. The van der Waals surface area contributed by atoms with Crippen LogP contribution in [0.25, 0.3) is 0 Å². The number of furan rings is 1. The predicted molar refractivity (Wildman–Crippen MR) is 131 cm³/mol. The van der Waals surface area contributed by atoms with Crippen LogP contribution in [0, 0.1) is 0 Å². The number of rotatable bonds is 9. The van der Waals surface area contributed by atoms with E-state index in [0.717, 1.165) is 27.9 Å². The van der Waals surface area contributed by atoms with Crippen LogP contribution >= 0.6 is 35.1 Å². The first kappa shape index (κ1) is 22.8. The van der Waals surface area contributed by atoms with Crippen LogP contribution in [0.4, 0.5) is 0 Å². The van der Waals surface area contributed by atoms with E-state index in [1.807, 2.05) is 65.6 Å². The van der Waals surface area contributed by atoms with Gasteiger partial charge in [0.2, 0.25) is 5.91 Å². The second kappa shape index (κ2) is 11.0. The van der Waals surface area contributed by atoms with Crippen molar-refractivity contribution < 1.29 is 14.0 Å². The molecule has 5 nitrogen and oxygen atoms in total. The summed E-state index contributed by atoms with van der Waals surface area (Å²) in [5.74, 6) is 2.88. The van der Waals surface area contributed by atoms with Crippen LogP contribution in [-0.2, 0) is 17.1 Å². The van der Waals surface area contributed by atoms with Gasteiger partial charge in [-0.2, -0.15) is 11.8 Å². The minimum Gasteiger partial charge on any atom is -0.467 e. The molecule has 0 spiro atoms. The van der Waals surface area contributed by atoms with Gasteiger partial charge in [-0.25, -0.2) is 0 Å². The molecule has 166 valence electrons. The van der Waals surface area contributed by atoms with Crippen molar-refractivity contribution >= 4 is 46.9 Å². The molecule has 1 atom stereocenters. The van der Waals surface area contributed by atoms with E-state index in [1.54, 1.807) is 29.8 Å². The number of amides is 2. The van der Waals surface area contributed by atoms with Crippen molar-refractivity contribution in [1.82, 2.24) is 10.2 Å². The molecule has 2 amide bonds. The van der Waals surface area contributed by atoms with Crippen LogP contribution in [0.15, 0.2) is 71.3 Å². The van der Waals surface area contributed by atoms with Crippen LogP contribution in [-0.4, -0.2) is 34.8 Å². The summed E-state index contributed by atoms with van der Waals surface area (Å²) < 4.78 is 5.40. The number of benzene rings is 2. The van der Waals surface area contributed by atoms with Crippen LogP contribution < -0.4 is 5.32 Å². The van der Waals surface area contributed by atoms with Gasteiger partial charge in [-0.1, -0.05) is 35.9 Å². The number of hydrogen-bond acceptors (Lipinski definition) is 5. The largest absolute Gasteiger partial charge is 0.467 e. The lowest BCUT2D eigenvalue weighted by molar-refractivity contribution is -0.128. The number of thioether (sulfide) groups is 2. The molecule has 0 aliphatic carbocycles. The first-order chi connectivity index (χ1) is 15.6. The SMILES string of the molecule is O=C(NCCSCc1cccc(Cl)c1)c1ccc(C2SCC(=O)N2Cc2ccco2)cc1. The van der Waals surface area contributed by atoms with Gasteiger partial charge in [0.1, 0.15) is 11.1 Å². The van der Waals surface area contributed by atoms with Crippen molar-refractivity contribution in [3.63, 3.8) is 0 Å². The zero-order chi connectivity index (χ0) is 22.3. The summed E-state index contributed by atoms with van der Waals surface area (Å²) in [5.41, 5.74) is 2.79. The Labute approximate surface area is 200 Å². The molecule has 1 aromatic heterocycles. The molecule has 32 heavy (non-hydrogen) atoms. The van der Waals surface area contributed by atoms with Crippen LogP contribution in [0.2, 0.25) is 5.02 Å². The van der Waals surface area contributed by atoms with Crippen LogP contribution in [0.1, 0.15) is 32.6 Å². The molecule has 1 aliphatic rings. The molecule has 2 aromatic carbocycles. The van der Waals surface area contributed by atoms with Crippen LogP contribution in [0.5, 0.6) is 0 Å². The molecule has 3 aromatic rings. The highest BCUT2D eigenvalue weighted by Crippen LogP contribution is 2.39. The molecule has 0 saturated carbocycles. The van der Waals surface area contributed by atoms with Gasteiger partial charge in [-0.3, -0.25) is 9.59 Å². The Balaban J connectivity index is 1.26. The minimum atomic E-state index is -0.0949. The Hall–Kier alpha value is -2.35. The lowest BCUT2D eigenvalue weighted by atomic mass is 10.1. The number of nitrogens with one attached hydrogen (secondary N) is 1. The van der Waals surface area contributed by atoms with E-state index in [2.05, 4.69) is 5.32 Å². The third-order valence-corrected chi connectivity index (χ3v) is 7.54. The Morgan fingerprint density at radius 3 is 2.78 bits per heavy atom. The fourth-order valence-electron chi connectivity index (χ4n) is 3.43. The summed E-state index contributed by atoms with van der Waals surface area (Å²) in [5, 5.41) is 3.63. The van der Waals surface area contributed by atoms with Gasteiger partial charge in [0.15, 0.2) is 0 Å². The van der Waals surface area contributed by atoms with Gasteiger partial charge in [-0.05, 0) is 47.5 Å². The molecule has 0 radical (unpaired) electrons. The Morgan fingerprint density at radius 2 is 2.03 bits per heavy atom. The maximum Gasteiger partial charge on any atom is 0.251 e. The van der Waals surface area contributed by atoms with Crippen molar-refractivity contribution in [2.24, 2.45) is 0 Å². The van der Waals surface area contributed by atoms with Crippen molar-refractivity contribution in [3.05, 3.63) is 94.4 Å². The first-order valence-corrected chi connectivity index (χ1v) is 12.8. The topological polar surface area (TPSA) is 62.6 Å². The van der Waals surface area contributed by atoms with E-state index in [0.29, 0.717) is 24.4 Å². The Bertz CT molecular complexity index is 1060. The summed E-state index contributed by atoms with van der Waals surface area (Å²) in [6.07, 6.45) is 1.61. The monoisotopic (exact) mass is 486 g/mol.